The fraction of sp³-hybridized carbons (Fsp3) is 0.542. The summed E-state index contributed by atoms with van der Waals surface area (Å²) < 4.78 is 68.1. The van der Waals surface area contributed by atoms with E-state index in [-0.39, 0.29) is 53.6 Å². The predicted octanol–water partition coefficient (Wildman–Crippen LogP) is -0.907. The number of phosphoric acid groups is 2. The lowest BCUT2D eigenvalue weighted by atomic mass is 10.1. The second-order valence-electron chi connectivity index (χ2n) is 11.8. The number of amides is 1. The quantitative estimate of drug-likeness (QED) is 0.0391. The van der Waals surface area contributed by atoms with E-state index in [0.717, 1.165) is 17.2 Å². The molecule has 4 aromatic heterocycles. The van der Waals surface area contributed by atoms with Gasteiger partial charge in [-0.1, -0.05) is 5.11 Å². The minimum absolute atomic E-state index is 0.0133. The van der Waals surface area contributed by atoms with Crippen LogP contribution in [0.25, 0.3) is 32.8 Å². The molecule has 0 spiro atoms. The van der Waals surface area contributed by atoms with Crippen LogP contribution in [0.5, 0.6) is 0 Å². The molecule has 290 valence electrons. The number of nitrogens with one attached hydrogen (secondary N) is 2. The van der Waals surface area contributed by atoms with E-state index in [9.17, 15) is 33.6 Å². The van der Waals surface area contributed by atoms with Crippen molar-refractivity contribution in [3.63, 3.8) is 0 Å². The van der Waals surface area contributed by atoms with Gasteiger partial charge >= 0.3 is 21.7 Å². The third-order valence-corrected chi connectivity index (χ3v) is 10.3. The normalized spacial score (nSPS) is 32.9. The largest absolute Gasteiger partial charge is 0.472 e. The molecule has 28 nitrogen and oxygen atoms in total. The van der Waals surface area contributed by atoms with Gasteiger partial charge in [0.05, 0.1) is 25.9 Å². The maximum absolute atomic E-state index is 13.5. The molecule has 3 aliphatic rings. The predicted molar refractivity (Wildman–Crippen MR) is 174 cm³/mol. The summed E-state index contributed by atoms with van der Waals surface area (Å²) in [5.41, 5.74) is 19.2. The molecule has 54 heavy (non-hydrogen) atoms. The molecule has 4 aromatic rings. The van der Waals surface area contributed by atoms with Gasteiger partial charge in [-0.25, -0.2) is 33.9 Å². The maximum atomic E-state index is 13.5. The minimum Gasteiger partial charge on any atom is -0.438 e. The number of phosphoric ester groups is 2. The summed E-state index contributed by atoms with van der Waals surface area (Å²) in [5.74, 6) is -0.310. The Labute approximate surface area is 299 Å². The van der Waals surface area contributed by atoms with Crippen molar-refractivity contribution >= 4 is 55.8 Å². The number of nitrogens with zero attached hydrogens (tertiary/aromatic N) is 10. The summed E-state index contributed by atoms with van der Waals surface area (Å²) in [4.78, 5) is 72.3. The highest BCUT2D eigenvalue weighted by atomic mass is 31.2. The van der Waals surface area contributed by atoms with Crippen LogP contribution in [0.2, 0.25) is 0 Å². The first-order valence-corrected chi connectivity index (χ1v) is 18.7. The minimum atomic E-state index is -5.23. The Hall–Kier alpha value is -4.82. The Kier molecular flexibility index (Phi) is 10.3. The van der Waals surface area contributed by atoms with E-state index in [1.807, 2.05) is 0 Å². The molecule has 9 N–H and O–H groups in total. The van der Waals surface area contributed by atoms with Gasteiger partial charge in [-0.05, 0) is 12.0 Å². The summed E-state index contributed by atoms with van der Waals surface area (Å²) in [6.07, 6.45) is -10.6. The van der Waals surface area contributed by atoms with E-state index in [1.165, 1.54) is 10.9 Å². The third kappa shape index (κ3) is 7.45. The molecule has 2 unspecified atom stereocenters. The van der Waals surface area contributed by atoms with Gasteiger partial charge in [0.1, 0.15) is 42.4 Å². The first kappa shape index (κ1) is 37.5. The Morgan fingerprint density at radius 1 is 1.02 bits per heavy atom. The lowest BCUT2D eigenvalue weighted by molar-refractivity contribution is -0.0664. The molecule has 0 aromatic carbocycles. The van der Waals surface area contributed by atoms with Gasteiger partial charge < -0.3 is 45.9 Å². The van der Waals surface area contributed by atoms with Crippen LogP contribution in [-0.2, 0) is 41.4 Å². The van der Waals surface area contributed by atoms with Gasteiger partial charge in [0.15, 0.2) is 41.2 Å². The van der Waals surface area contributed by atoms with E-state index in [0.29, 0.717) is 0 Å². The van der Waals surface area contributed by atoms with Gasteiger partial charge in [0.2, 0.25) is 5.95 Å². The molecule has 7 heterocycles. The van der Waals surface area contributed by atoms with Crippen LogP contribution in [0.15, 0.2) is 28.9 Å². The molecule has 0 radical (unpaired) electrons. The van der Waals surface area contributed by atoms with E-state index in [1.54, 1.807) is 0 Å². The van der Waals surface area contributed by atoms with Gasteiger partial charge in [-0.3, -0.25) is 37.0 Å². The summed E-state index contributed by atoms with van der Waals surface area (Å²) in [7, 11) is -10.4. The van der Waals surface area contributed by atoms with Gasteiger partial charge in [-0.2, -0.15) is 4.98 Å². The Morgan fingerprint density at radius 3 is 2.39 bits per heavy atom. The number of fused-ring (bicyclic) bond motifs is 4. The van der Waals surface area contributed by atoms with E-state index < -0.39 is 89.6 Å². The Balaban J connectivity index is 1.19. The third-order valence-electron chi connectivity index (χ3n) is 8.31. The zero-order valence-electron chi connectivity index (χ0n) is 27.2. The van der Waals surface area contributed by atoms with E-state index in [2.05, 4.69) is 45.2 Å². The number of aliphatic hydroxyl groups excluding tert-OH is 1. The monoisotopic (exact) mass is 800 g/mol. The van der Waals surface area contributed by atoms with Crippen LogP contribution in [0.3, 0.4) is 0 Å². The summed E-state index contributed by atoms with van der Waals surface area (Å²) in [5, 5.41) is 17.0. The zero-order valence-corrected chi connectivity index (χ0v) is 29.0. The van der Waals surface area contributed by atoms with Gasteiger partial charge in [0.25, 0.3) is 5.56 Å². The van der Waals surface area contributed by atoms with E-state index in [4.69, 9.17) is 49.3 Å². The molecule has 10 atom stereocenters. The van der Waals surface area contributed by atoms with Crippen molar-refractivity contribution < 1.29 is 61.1 Å². The Morgan fingerprint density at radius 2 is 1.67 bits per heavy atom. The number of nitrogen functional groups attached to an aromatic ring is 2. The number of alkyl carbamates (subject to hydrolysis) is 1. The van der Waals surface area contributed by atoms with Crippen LogP contribution in [-0.4, -0.2) is 123 Å². The summed E-state index contributed by atoms with van der Waals surface area (Å²) in [6, 6.07) is 0. The second-order valence-corrected chi connectivity index (χ2v) is 14.6. The lowest BCUT2D eigenvalue weighted by Crippen LogP contribution is -2.42. The average molecular weight is 801 g/mol. The smallest absolute Gasteiger partial charge is 0.438 e. The fourth-order valence-electron chi connectivity index (χ4n) is 5.97. The molecule has 30 heteroatoms. The number of aromatic amines is 1. The van der Waals surface area contributed by atoms with Crippen LogP contribution in [0.4, 0.5) is 16.6 Å². The molecule has 0 bridgehead atoms. The molecule has 0 saturated carbocycles. The highest BCUT2D eigenvalue weighted by Crippen LogP contribution is 2.54. The number of aromatic nitrogens is 8. The van der Waals surface area contributed by atoms with Crippen molar-refractivity contribution in [2.45, 2.75) is 55.5 Å². The molecule has 1 amide bonds. The van der Waals surface area contributed by atoms with Crippen molar-refractivity contribution in [1.82, 2.24) is 44.4 Å². The summed E-state index contributed by atoms with van der Waals surface area (Å²) >= 11 is 0. The molecule has 3 saturated heterocycles. The Bertz CT molecular complexity index is 2260. The highest BCUT2D eigenvalue weighted by molar-refractivity contribution is 7.47. The van der Waals surface area contributed by atoms with Crippen LogP contribution in [0, 0.1) is 0 Å². The molecule has 0 aliphatic carbocycles. The number of carbonyl (C=O) groups is 1. The molecular weight excluding hydrogens is 770 g/mol. The van der Waals surface area contributed by atoms with Crippen LogP contribution in [0.1, 0.15) is 18.9 Å². The van der Waals surface area contributed by atoms with Crippen molar-refractivity contribution in [2.75, 3.05) is 37.8 Å². The molecule has 3 fully saturated rings. The van der Waals surface area contributed by atoms with E-state index >= 15 is 0 Å². The molecular formula is C24H30N14O14P2. The van der Waals surface area contributed by atoms with Crippen molar-refractivity contribution in [1.29, 1.82) is 0 Å². The second kappa shape index (κ2) is 14.8. The first-order chi connectivity index (χ1) is 25.7. The number of hydrogen-bond donors (Lipinski definition) is 7. The van der Waals surface area contributed by atoms with Crippen LogP contribution >= 0.6 is 15.6 Å². The average Bonchev–Trinajstić information content (AvgIpc) is 3.88. The van der Waals surface area contributed by atoms with Gasteiger partial charge in [-0.15, -0.1) is 0 Å². The maximum Gasteiger partial charge on any atom is 0.472 e. The number of anilines is 2. The fourth-order valence-corrected chi connectivity index (χ4v) is 7.90. The topological polar surface area (TPSA) is 397 Å². The SMILES string of the molecule is [N-]=[N+]=NCCCNC(=O)O[C@@H]1[C@@H]2OP(=O)(O)OC[C@H]3O[C@@H](n4cnc5c(N)ncnc54)[C@H](O)[C@@H]3OP(=O)(O)OC[C@H]2O[C@H]1n1cnc2c(=O)[nH]c(N)nc21. The number of rotatable bonds is 7. The van der Waals surface area contributed by atoms with Crippen molar-refractivity contribution in [3.05, 3.63) is 39.8 Å². The highest BCUT2D eigenvalue weighted by Gasteiger charge is 2.55. The number of H-pyrrole nitrogens is 1. The van der Waals surface area contributed by atoms with Crippen LogP contribution < -0.4 is 22.3 Å². The number of carbonyl (C=O) groups excluding carboxylic acids is 1. The number of imidazole rings is 2. The molecule has 7 rings (SSSR count). The number of hydrogen-bond acceptors (Lipinski definition) is 20. The summed E-state index contributed by atoms with van der Waals surface area (Å²) in [6.45, 7) is -1.80. The number of ether oxygens (including phenoxy) is 3. The van der Waals surface area contributed by atoms with Crippen molar-refractivity contribution in [3.8, 4) is 0 Å². The van der Waals surface area contributed by atoms with Crippen molar-refractivity contribution in [2.24, 2.45) is 5.11 Å². The standard InChI is InChI=1S/C24H30N14O14P2/c25-17-11-18(30-6-29-17)37(7-31-11)21-13(39)14-9(48-21)4-46-54(44,45)52-15-10(5-47-53(42,43)51-14)49-22(16(15)50-24(41)28-2-1-3-33-36-27)38-8-32-12-19(38)34-23(26)35-20(12)40/h6-10,13-16,21-22,39H,1-5H2,(H,28,41)(H,42,43)(H,44,45)(H2,25,29,30)(H3,26,34,35,40)/t9-,10-,13-,14-,15-,16-,21-,22-/m1/s1. The number of azide groups is 1. The zero-order chi connectivity index (χ0) is 38.4. The first-order valence-electron chi connectivity index (χ1n) is 15.7. The van der Waals surface area contributed by atoms with Gasteiger partial charge in [0, 0.05) is 18.0 Å². The number of nitrogens with two attached hydrogens (primary N) is 2. The lowest BCUT2D eigenvalue weighted by Gasteiger charge is -2.28. The number of aliphatic hydroxyl groups is 1. The molecule has 3 aliphatic heterocycles.